The van der Waals surface area contributed by atoms with Gasteiger partial charge in [-0.1, -0.05) is 43.3 Å². The van der Waals surface area contributed by atoms with Crippen molar-refractivity contribution in [3.8, 4) is 5.69 Å². The van der Waals surface area contributed by atoms with Crippen LogP contribution in [0, 0.1) is 11.2 Å². The molecule has 1 atom stereocenters. The molecule has 3 aromatic rings. The number of allylic oxidation sites excluding steroid dienone is 1. The molecule has 0 aliphatic heterocycles. The number of benzene rings is 2. The molecule has 0 saturated heterocycles. The standard InChI is InChI=1S/C26H29FN4O/c1-25(2,20-7-5-4-6-8-20)30-24(32)28-16-15-26(3)14-13-23-19(17-26)18-29-31(23)22-11-9-21(27)10-12-22/h4-14,18H,15-17H2,1-3H3,(H2,28,30,32). The maximum Gasteiger partial charge on any atom is 0.315 e. The first kappa shape index (κ1) is 21.8. The van der Waals surface area contributed by atoms with Crippen LogP contribution >= 0.6 is 0 Å². The van der Waals surface area contributed by atoms with Crippen LogP contribution in [0.3, 0.4) is 0 Å². The molecule has 1 aliphatic carbocycles. The molecular weight excluding hydrogens is 403 g/mol. The zero-order valence-electron chi connectivity index (χ0n) is 18.7. The van der Waals surface area contributed by atoms with Crippen molar-refractivity contribution in [3.63, 3.8) is 0 Å². The van der Waals surface area contributed by atoms with Gasteiger partial charge in [-0.05, 0) is 73.6 Å². The van der Waals surface area contributed by atoms with E-state index in [1.54, 1.807) is 12.1 Å². The van der Waals surface area contributed by atoms with Gasteiger partial charge >= 0.3 is 6.03 Å². The highest BCUT2D eigenvalue weighted by Gasteiger charge is 2.29. The average molecular weight is 433 g/mol. The molecule has 6 heteroatoms. The van der Waals surface area contributed by atoms with Gasteiger partial charge in [-0.15, -0.1) is 0 Å². The summed E-state index contributed by atoms with van der Waals surface area (Å²) in [7, 11) is 0. The molecular formula is C26H29FN4O. The number of carbonyl (C=O) groups excluding carboxylic acids is 1. The van der Waals surface area contributed by atoms with Gasteiger partial charge in [0.1, 0.15) is 5.82 Å². The maximum absolute atomic E-state index is 13.2. The largest absolute Gasteiger partial charge is 0.338 e. The molecule has 2 N–H and O–H groups in total. The Morgan fingerprint density at radius 1 is 1.16 bits per heavy atom. The van der Waals surface area contributed by atoms with Gasteiger partial charge in [-0.2, -0.15) is 5.10 Å². The second-order valence-electron chi connectivity index (χ2n) is 9.23. The van der Waals surface area contributed by atoms with Gasteiger partial charge in [0.05, 0.1) is 23.1 Å². The molecule has 4 rings (SSSR count). The van der Waals surface area contributed by atoms with E-state index in [0.29, 0.717) is 6.54 Å². The van der Waals surface area contributed by atoms with Crippen molar-refractivity contribution in [2.24, 2.45) is 5.41 Å². The maximum atomic E-state index is 13.2. The Labute approximate surface area is 188 Å². The Morgan fingerprint density at radius 2 is 1.88 bits per heavy atom. The summed E-state index contributed by atoms with van der Waals surface area (Å²) in [5.41, 5.74) is 3.53. The van der Waals surface area contributed by atoms with Crippen molar-refractivity contribution in [1.82, 2.24) is 20.4 Å². The van der Waals surface area contributed by atoms with E-state index in [9.17, 15) is 9.18 Å². The van der Waals surface area contributed by atoms with E-state index in [1.807, 2.05) is 55.1 Å². The van der Waals surface area contributed by atoms with Crippen LogP contribution in [0.1, 0.15) is 44.0 Å². The Balaban J connectivity index is 1.34. The summed E-state index contributed by atoms with van der Waals surface area (Å²) in [6, 6.07) is 16.1. The van der Waals surface area contributed by atoms with Crippen molar-refractivity contribution in [1.29, 1.82) is 0 Å². The lowest BCUT2D eigenvalue weighted by atomic mass is 9.77. The van der Waals surface area contributed by atoms with Gasteiger partial charge in [0.2, 0.25) is 0 Å². The summed E-state index contributed by atoms with van der Waals surface area (Å²) in [6.45, 7) is 6.74. The van der Waals surface area contributed by atoms with Crippen molar-refractivity contribution in [2.45, 2.75) is 39.2 Å². The molecule has 32 heavy (non-hydrogen) atoms. The molecule has 1 aliphatic rings. The third-order valence-electron chi connectivity index (χ3n) is 6.10. The molecule has 1 aromatic heterocycles. The summed E-state index contributed by atoms with van der Waals surface area (Å²) in [6.07, 6.45) is 7.78. The van der Waals surface area contributed by atoms with Gasteiger partial charge in [-0.3, -0.25) is 0 Å². The van der Waals surface area contributed by atoms with Crippen molar-refractivity contribution in [3.05, 3.63) is 89.5 Å². The summed E-state index contributed by atoms with van der Waals surface area (Å²) in [5.74, 6) is -0.262. The highest BCUT2D eigenvalue weighted by atomic mass is 19.1. The van der Waals surface area contributed by atoms with Gasteiger partial charge in [0.15, 0.2) is 0 Å². The first-order chi connectivity index (χ1) is 15.3. The van der Waals surface area contributed by atoms with E-state index >= 15 is 0 Å². The molecule has 1 heterocycles. The second-order valence-corrected chi connectivity index (χ2v) is 9.23. The summed E-state index contributed by atoms with van der Waals surface area (Å²) >= 11 is 0. The summed E-state index contributed by atoms with van der Waals surface area (Å²) in [5, 5.41) is 10.6. The fourth-order valence-electron chi connectivity index (χ4n) is 4.16. The minimum absolute atomic E-state index is 0.0775. The highest BCUT2D eigenvalue weighted by Crippen LogP contribution is 2.35. The predicted molar refractivity (Wildman–Crippen MR) is 125 cm³/mol. The molecule has 166 valence electrons. The molecule has 1 unspecified atom stereocenters. The number of nitrogens with zero attached hydrogens (tertiary/aromatic N) is 2. The predicted octanol–water partition coefficient (Wildman–Crippen LogP) is 5.21. The van der Waals surface area contributed by atoms with Gasteiger partial charge in [0.25, 0.3) is 0 Å². The third-order valence-corrected chi connectivity index (χ3v) is 6.10. The first-order valence-corrected chi connectivity index (χ1v) is 10.9. The van der Waals surface area contributed by atoms with Crippen LogP contribution in [-0.2, 0) is 12.0 Å². The number of carbonyl (C=O) groups is 1. The fraction of sp³-hybridized carbons (Fsp3) is 0.308. The smallest absolute Gasteiger partial charge is 0.315 e. The summed E-state index contributed by atoms with van der Waals surface area (Å²) in [4.78, 5) is 12.5. The number of rotatable bonds is 6. The lowest BCUT2D eigenvalue weighted by molar-refractivity contribution is 0.228. The minimum atomic E-state index is -0.455. The summed E-state index contributed by atoms with van der Waals surface area (Å²) < 4.78 is 15.1. The van der Waals surface area contributed by atoms with Crippen LogP contribution in [0.5, 0.6) is 0 Å². The monoisotopic (exact) mass is 432 g/mol. The molecule has 2 amide bonds. The molecule has 0 radical (unpaired) electrons. The SMILES string of the molecule is CC1(CCNC(=O)NC(C)(C)c2ccccc2)C=Cc2c(cnn2-c2ccc(F)cc2)C1. The van der Waals surface area contributed by atoms with E-state index in [0.717, 1.165) is 35.3 Å². The Kier molecular flexibility index (Phi) is 5.87. The van der Waals surface area contributed by atoms with E-state index in [1.165, 1.54) is 12.1 Å². The minimum Gasteiger partial charge on any atom is -0.338 e. The quantitative estimate of drug-likeness (QED) is 0.562. The zero-order valence-corrected chi connectivity index (χ0v) is 18.7. The van der Waals surface area contributed by atoms with Crippen molar-refractivity contribution in [2.75, 3.05) is 6.54 Å². The number of urea groups is 1. The number of halogens is 1. The van der Waals surface area contributed by atoms with Crippen LogP contribution < -0.4 is 10.6 Å². The number of aromatic nitrogens is 2. The van der Waals surface area contributed by atoms with Crippen LogP contribution in [0.15, 0.2) is 66.9 Å². The third kappa shape index (κ3) is 4.74. The normalized spacial score (nSPS) is 17.6. The second kappa shape index (κ2) is 8.61. The van der Waals surface area contributed by atoms with Crippen LogP contribution in [0.25, 0.3) is 11.8 Å². The van der Waals surface area contributed by atoms with Gasteiger partial charge in [-0.25, -0.2) is 13.9 Å². The van der Waals surface area contributed by atoms with Crippen LogP contribution in [0.2, 0.25) is 0 Å². The van der Waals surface area contributed by atoms with E-state index in [2.05, 4.69) is 34.8 Å². The van der Waals surface area contributed by atoms with E-state index < -0.39 is 5.54 Å². The first-order valence-electron chi connectivity index (χ1n) is 10.9. The Morgan fingerprint density at radius 3 is 2.59 bits per heavy atom. The number of amides is 2. The highest BCUT2D eigenvalue weighted by molar-refractivity contribution is 5.75. The lowest BCUT2D eigenvalue weighted by Gasteiger charge is -2.30. The molecule has 0 bridgehead atoms. The van der Waals surface area contributed by atoms with Crippen LogP contribution in [0.4, 0.5) is 9.18 Å². The number of fused-ring (bicyclic) bond motifs is 1. The number of hydrogen-bond acceptors (Lipinski definition) is 2. The Hall–Kier alpha value is -3.41. The molecule has 5 nitrogen and oxygen atoms in total. The van der Waals surface area contributed by atoms with Crippen molar-refractivity contribution >= 4 is 12.1 Å². The van der Waals surface area contributed by atoms with Crippen molar-refractivity contribution < 1.29 is 9.18 Å². The zero-order chi connectivity index (χ0) is 22.8. The fourth-order valence-corrected chi connectivity index (χ4v) is 4.16. The van der Waals surface area contributed by atoms with E-state index in [4.69, 9.17) is 0 Å². The van der Waals surface area contributed by atoms with Crippen LogP contribution in [-0.4, -0.2) is 22.4 Å². The molecule has 2 aromatic carbocycles. The van der Waals surface area contributed by atoms with Gasteiger partial charge in [0, 0.05) is 6.54 Å². The number of hydrogen-bond donors (Lipinski definition) is 2. The number of nitrogens with one attached hydrogen (secondary N) is 2. The van der Waals surface area contributed by atoms with E-state index in [-0.39, 0.29) is 17.3 Å². The lowest BCUT2D eigenvalue weighted by Crippen LogP contribution is -2.47. The molecule has 0 fully saturated rings. The molecule has 0 saturated carbocycles. The Bertz CT molecular complexity index is 1120. The van der Waals surface area contributed by atoms with Gasteiger partial charge < -0.3 is 10.6 Å². The molecule has 0 spiro atoms. The average Bonchev–Trinajstić information content (AvgIpc) is 3.17. The topological polar surface area (TPSA) is 59.0 Å².